The molecule has 0 spiro atoms. The van der Waals surface area contributed by atoms with Crippen LogP contribution in [0.25, 0.3) is 22.5 Å². The highest BCUT2D eigenvalue weighted by Crippen LogP contribution is 2.46. The zero-order chi connectivity index (χ0) is 35.6. The lowest BCUT2D eigenvalue weighted by Crippen LogP contribution is -2.55. The first-order valence-corrected chi connectivity index (χ1v) is 15.7. The van der Waals surface area contributed by atoms with E-state index in [1.165, 1.54) is 12.1 Å². The first kappa shape index (κ1) is 34.0. The maximum atomic E-state index is 14.8. The molecule has 256 valence electrons. The number of hydrogen-bond donors (Lipinski definition) is 1. The number of anilines is 1. The predicted octanol–water partition coefficient (Wildman–Crippen LogP) is 8.13. The summed E-state index contributed by atoms with van der Waals surface area (Å²) in [7, 11) is 3.17. The van der Waals surface area contributed by atoms with Crippen LogP contribution in [0.1, 0.15) is 36.8 Å². The number of alkyl halides is 3. The van der Waals surface area contributed by atoms with Crippen LogP contribution in [-0.4, -0.2) is 48.0 Å². The number of ether oxygens (including phenoxy) is 3. The van der Waals surface area contributed by atoms with Crippen molar-refractivity contribution in [2.45, 2.75) is 37.6 Å². The highest BCUT2D eigenvalue weighted by molar-refractivity contribution is 6.24. The molecule has 12 heteroatoms. The zero-order valence-corrected chi connectivity index (χ0v) is 27.6. The van der Waals surface area contributed by atoms with E-state index in [1.54, 1.807) is 38.7 Å². The Morgan fingerprint density at radius 3 is 1.54 bits per heavy atom. The lowest BCUT2D eigenvalue weighted by atomic mass is 9.69. The lowest BCUT2D eigenvalue weighted by molar-refractivity contribution is -0.274. The Hall–Kier alpha value is -5.91. The van der Waals surface area contributed by atoms with Crippen LogP contribution in [0.5, 0.6) is 17.2 Å². The molecule has 2 atom stereocenters. The number of urea groups is 1. The second-order valence-corrected chi connectivity index (χ2v) is 11.8. The van der Waals surface area contributed by atoms with Crippen LogP contribution in [0.4, 0.5) is 23.7 Å². The number of carbonyl (C=O) groups excluding carboxylic acids is 2. The number of nitrogens with one attached hydrogen (secondary N) is 1. The van der Waals surface area contributed by atoms with E-state index in [0.717, 1.165) is 39.3 Å². The van der Waals surface area contributed by atoms with E-state index in [1.807, 2.05) is 74.5 Å². The van der Waals surface area contributed by atoms with Crippen molar-refractivity contribution in [2.24, 2.45) is 0 Å². The van der Waals surface area contributed by atoms with Crippen molar-refractivity contribution in [3.05, 3.63) is 121 Å². The summed E-state index contributed by atoms with van der Waals surface area (Å²) in [6, 6.07) is 26.0. The molecule has 0 aliphatic carbocycles. The average molecular weight is 683 g/mol. The molecule has 9 nitrogen and oxygen atoms in total. The Morgan fingerprint density at radius 1 is 0.680 bits per heavy atom. The van der Waals surface area contributed by atoms with Gasteiger partial charge in [-0.25, -0.2) is 9.69 Å². The van der Waals surface area contributed by atoms with Crippen LogP contribution in [0, 0.1) is 0 Å². The second kappa shape index (κ2) is 13.5. The molecule has 6 rings (SSSR count). The highest BCUT2D eigenvalue weighted by Gasteiger charge is 2.58. The fourth-order valence-electron chi connectivity index (χ4n) is 6.35. The summed E-state index contributed by atoms with van der Waals surface area (Å²) in [6.07, 6.45) is -1.60. The minimum atomic E-state index is -4.90. The van der Waals surface area contributed by atoms with Crippen molar-refractivity contribution in [1.82, 2.24) is 15.3 Å². The Morgan fingerprint density at radius 2 is 1.12 bits per heavy atom. The molecule has 0 saturated carbocycles. The number of imide groups is 1. The van der Waals surface area contributed by atoms with E-state index >= 15 is 0 Å². The molecule has 3 amide bonds. The van der Waals surface area contributed by atoms with E-state index < -0.39 is 41.4 Å². The van der Waals surface area contributed by atoms with Gasteiger partial charge in [-0.15, -0.1) is 13.2 Å². The minimum Gasteiger partial charge on any atom is -0.497 e. The van der Waals surface area contributed by atoms with E-state index in [2.05, 4.69) is 20.0 Å². The fraction of sp³-hybridized carbons (Fsp3) is 0.211. The number of pyridine rings is 2. The first-order valence-electron chi connectivity index (χ1n) is 15.7. The van der Waals surface area contributed by atoms with Gasteiger partial charge >= 0.3 is 12.4 Å². The summed E-state index contributed by atoms with van der Waals surface area (Å²) in [5.74, 6) is -0.914. The van der Waals surface area contributed by atoms with Gasteiger partial charge in [0.05, 0.1) is 31.3 Å². The van der Waals surface area contributed by atoms with Crippen molar-refractivity contribution >= 4 is 17.6 Å². The normalized spacial score (nSPS) is 17.2. The minimum absolute atomic E-state index is 0.0885. The number of halogens is 3. The molecule has 2 unspecified atom stereocenters. The molecule has 1 N–H and O–H groups in total. The van der Waals surface area contributed by atoms with Crippen molar-refractivity contribution in [3.63, 3.8) is 0 Å². The van der Waals surface area contributed by atoms with Gasteiger partial charge in [0, 0.05) is 35.4 Å². The number of amides is 3. The first-order chi connectivity index (χ1) is 23.9. The summed E-state index contributed by atoms with van der Waals surface area (Å²) in [5.41, 5.74) is 2.95. The van der Waals surface area contributed by atoms with Gasteiger partial charge in [0.15, 0.2) is 0 Å². The van der Waals surface area contributed by atoms with Crippen LogP contribution < -0.4 is 24.4 Å². The molecule has 50 heavy (non-hydrogen) atoms. The Labute approximate surface area is 286 Å². The van der Waals surface area contributed by atoms with Gasteiger partial charge in [-0.1, -0.05) is 13.8 Å². The zero-order valence-electron chi connectivity index (χ0n) is 27.6. The molecule has 1 fully saturated rings. The number of hydrogen-bond acceptors (Lipinski definition) is 7. The third-order valence-corrected chi connectivity index (χ3v) is 9.11. The molecule has 2 aromatic heterocycles. The van der Waals surface area contributed by atoms with Crippen LogP contribution in [-0.2, 0) is 4.79 Å². The lowest BCUT2D eigenvalue weighted by Gasteiger charge is -2.39. The highest BCUT2D eigenvalue weighted by atomic mass is 19.4. The Kier molecular flexibility index (Phi) is 9.20. The summed E-state index contributed by atoms with van der Waals surface area (Å²) in [4.78, 5) is 38.7. The van der Waals surface area contributed by atoms with Crippen LogP contribution in [0.15, 0.2) is 109 Å². The summed E-state index contributed by atoms with van der Waals surface area (Å²) in [6.45, 7) is 3.72. The van der Waals surface area contributed by atoms with E-state index in [9.17, 15) is 22.8 Å². The van der Waals surface area contributed by atoms with Crippen LogP contribution in [0.3, 0.4) is 0 Å². The van der Waals surface area contributed by atoms with E-state index in [0.29, 0.717) is 22.9 Å². The van der Waals surface area contributed by atoms with Gasteiger partial charge in [-0.05, 0) is 108 Å². The molecular formula is C38H33F3N4O5. The van der Waals surface area contributed by atoms with E-state index in [4.69, 9.17) is 9.47 Å². The SMILES string of the molecule is COc1ccc(-c2cc(C(C)C3(C(C)c4ccnc(-c5ccc(OC)cc5)c4)NC(=O)N(c4ccc(OC(F)(F)F)cc4)C3=O)ccn2)cc1. The number of benzene rings is 3. The number of rotatable bonds is 10. The summed E-state index contributed by atoms with van der Waals surface area (Å²) >= 11 is 0. The predicted molar refractivity (Wildman–Crippen MR) is 181 cm³/mol. The number of nitrogens with zero attached hydrogens (tertiary/aromatic N) is 3. The molecule has 1 saturated heterocycles. The maximum Gasteiger partial charge on any atom is 0.573 e. The summed E-state index contributed by atoms with van der Waals surface area (Å²) < 4.78 is 53.1. The maximum absolute atomic E-state index is 14.8. The number of carbonyl (C=O) groups is 2. The van der Waals surface area contributed by atoms with Crippen LogP contribution in [0.2, 0.25) is 0 Å². The van der Waals surface area contributed by atoms with Gasteiger partial charge in [0.1, 0.15) is 22.8 Å². The molecule has 5 aromatic rings. The molecular weight excluding hydrogens is 649 g/mol. The largest absolute Gasteiger partial charge is 0.573 e. The van der Waals surface area contributed by atoms with Crippen molar-refractivity contribution in [3.8, 4) is 39.8 Å². The fourth-order valence-corrected chi connectivity index (χ4v) is 6.35. The molecule has 3 aromatic carbocycles. The van der Waals surface area contributed by atoms with E-state index in [-0.39, 0.29) is 5.69 Å². The van der Waals surface area contributed by atoms with Gasteiger partial charge in [-0.3, -0.25) is 14.8 Å². The van der Waals surface area contributed by atoms with Crippen molar-refractivity contribution in [1.29, 1.82) is 0 Å². The smallest absolute Gasteiger partial charge is 0.497 e. The monoisotopic (exact) mass is 682 g/mol. The Balaban J connectivity index is 1.43. The second-order valence-electron chi connectivity index (χ2n) is 11.8. The Bertz CT molecular complexity index is 1900. The molecule has 3 heterocycles. The van der Waals surface area contributed by atoms with Gasteiger partial charge < -0.3 is 19.5 Å². The van der Waals surface area contributed by atoms with Crippen molar-refractivity contribution in [2.75, 3.05) is 19.1 Å². The molecule has 1 aliphatic rings. The molecule has 0 radical (unpaired) electrons. The van der Waals surface area contributed by atoms with Gasteiger partial charge in [0.25, 0.3) is 5.91 Å². The van der Waals surface area contributed by atoms with Crippen LogP contribution >= 0.6 is 0 Å². The van der Waals surface area contributed by atoms with Crippen molar-refractivity contribution < 1.29 is 37.0 Å². The summed E-state index contributed by atoms with van der Waals surface area (Å²) in [5, 5.41) is 3.02. The van der Waals surface area contributed by atoms with Gasteiger partial charge in [0.2, 0.25) is 0 Å². The topological polar surface area (TPSA) is 103 Å². The van der Waals surface area contributed by atoms with Gasteiger partial charge in [-0.2, -0.15) is 0 Å². The molecule has 1 aliphatic heterocycles. The average Bonchev–Trinajstić information content (AvgIpc) is 3.40. The third-order valence-electron chi connectivity index (χ3n) is 9.11. The third kappa shape index (κ3) is 6.56. The standard InChI is InChI=1S/C38H33F3N4O5/c1-23(27-17-19-42-33(21-27)25-5-11-30(48-3)12-6-25)37(24(2)28-18-20-43-34(22-28)26-7-13-31(49-4)14-8-26)35(46)45(36(47)44-37)29-9-15-32(16-10-29)50-38(39,40)41/h5-24H,1-4H3,(H,44,47). The number of methoxy groups -OCH3 is 2. The quantitative estimate of drug-likeness (QED) is 0.148. The molecule has 0 bridgehead atoms. The number of aromatic nitrogens is 2.